The number of carbonyl (C=O) groups is 1. The molecular formula is C13H17N3O3. The van der Waals surface area contributed by atoms with Gasteiger partial charge in [-0.25, -0.2) is 0 Å². The van der Waals surface area contributed by atoms with Gasteiger partial charge in [0, 0.05) is 24.7 Å². The molecule has 6 nitrogen and oxygen atoms in total. The molecule has 0 radical (unpaired) electrons. The van der Waals surface area contributed by atoms with Gasteiger partial charge < -0.3 is 10.6 Å². The SMILES string of the molecule is CC1CN(C(=O)c2ccc(N)c([N+](=O)[O-])c2)CC1C. The Morgan fingerprint density at radius 3 is 2.47 bits per heavy atom. The van der Waals surface area contributed by atoms with E-state index in [2.05, 4.69) is 13.8 Å². The fourth-order valence-electron chi connectivity index (χ4n) is 2.31. The summed E-state index contributed by atoms with van der Waals surface area (Å²) in [5.74, 6) is 0.736. The minimum atomic E-state index is -0.568. The van der Waals surface area contributed by atoms with Gasteiger partial charge in [-0.15, -0.1) is 0 Å². The van der Waals surface area contributed by atoms with Crippen LogP contribution in [-0.4, -0.2) is 28.8 Å². The number of hydrogen-bond donors (Lipinski definition) is 1. The van der Waals surface area contributed by atoms with Crippen LogP contribution in [0.3, 0.4) is 0 Å². The van der Waals surface area contributed by atoms with E-state index >= 15 is 0 Å². The number of anilines is 1. The van der Waals surface area contributed by atoms with E-state index in [1.807, 2.05) is 0 Å². The Hall–Kier alpha value is -2.11. The summed E-state index contributed by atoms with van der Waals surface area (Å²) >= 11 is 0. The fraction of sp³-hybridized carbons (Fsp3) is 0.462. The summed E-state index contributed by atoms with van der Waals surface area (Å²) in [6, 6.07) is 4.21. The van der Waals surface area contributed by atoms with E-state index in [9.17, 15) is 14.9 Å². The van der Waals surface area contributed by atoms with Crippen molar-refractivity contribution in [3.05, 3.63) is 33.9 Å². The van der Waals surface area contributed by atoms with Gasteiger partial charge in [-0.1, -0.05) is 13.8 Å². The second-order valence-corrected chi connectivity index (χ2v) is 5.20. The lowest BCUT2D eigenvalue weighted by Crippen LogP contribution is -2.28. The molecule has 1 aliphatic rings. The zero-order valence-corrected chi connectivity index (χ0v) is 11.0. The highest BCUT2D eigenvalue weighted by atomic mass is 16.6. The van der Waals surface area contributed by atoms with Crippen LogP contribution < -0.4 is 5.73 Å². The third-order valence-corrected chi connectivity index (χ3v) is 3.75. The predicted octanol–water partition coefficient (Wildman–Crippen LogP) is 1.91. The Kier molecular flexibility index (Phi) is 3.42. The molecule has 1 aromatic rings. The van der Waals surface area contributed by atoms with Gasteiger partial charge in [0.05, 0.1) is 4.92 Å². The van der Waals surface area contributed by atoms with Crippen molar-refractivity contribution in [2.75, 3.05) is 18.8 Å². The van der Waals surface area contributed by atoms with E-state index in [1.165, 1.54) is 12.1 Å². The van der Waals surface area contributed by atoms with E-state index in [4.69, 9.17) is 5.73 Å². The van der Waals surface area contributed by atoms with Crippen molar-refractivity contribution in [3.63, 3.8) is 0 Å². The number of nitrogens with zero attached hydrogens (tertiary/aromatic N) is 2. The van der Waals surface area contributed by atoms with Gasteiger partial charge in [-0.2, -0.15) is 0 Å². The van der Waals surface area contributed by atoms with Crippen LogP contribution in [0.4, 0.5) is 11.4 Å². The summed E-state index contributed by atoms with van der Waals surface area (Å²) in [5.41, 5.74) is 5.70. The van der Waals surface area contributed by atoms with Gasteiger partial charge in [0.1, 0.15) is 5.69 Å². The first kappa shape index (κ1) is 13.3. The van der Waals surface area contributed by atoms with E-state index in [-0.39, 0.29) is 17.3 Å². The first-order valence-electron chi connectivity index (χ1n) is 6.23. The number of rotatable bonds is 2. The van der Waals surface area contributed by atoms with Crippen molar-refractivity contribution in [1.29, 1.82) is 0 Å². The number of benzene rings is 1. The lowest BCUT2D eigenvalue weighted by molar-refractivity contribution is -0.383. The monoisotopic (exact) mass is 263 g/mol. The molecule has 102 valence electrons. The van der Waals surface area contributed by atoms with Crippen molar-refractivity contribution >= 4 is 17.3 Å². The largest absolute Gasteiger partial charge is 0.393 e. The minimum Gasteiger partial charge on any atom is -0.393 e. The Balaban J connectivity index is 2.25. The number of nitrogens with two attached hydrogens (primary N) is 1. The number of amides is 1. The topological polar surface area (TPSA) is 89.5 Å². The molecule has 0 bridgehead atoms. The van der Waals surface area contributed by atoms with Gasteiger partial charge in [0.2, 0.25) is 0 Å². The van der Waals surface area contributed by atoms with Crippen LogP contribution in [-0.2, 0) is 0 Å². The number of hydrogen-bond acceptors (Lipinski definition) is 4. The molecule has 2 atom stereocenters. The maximum absolute atomic E-state index is 12.3. The number of likely N-dealkylation sites (tertiary alicyclic amines) is 1. The molecule has 1 aliphatic heterocycles. The van der Waals surface area contributed by atoms with Crippen LogP contribution in [0.15, 0.2) is 18.2 Å². The van der Waals surface area contributed by atoms with Gasteiger partial charge in [-0.3, -0.25) is 14.9 Å². The molecule has 0 saturated carbocycles. The number of nitrogen functional groups attached to an aromatic ring is 1. The summed E-state index contributed by atoms with van der Waals surface area (Å²) < 4.78 is 0. The molecule has 1 aromatic carbocycles. The van der Waals surface area contributed by atoms with Gasteiger partial charge in [0.15, 0.2) is 0 Å². The lowest BCUT2D eigenvalue weighted by atomic mass is 10.0. The van der Waals surface area contributed by atoms with Gasteiger partial charge in [0.25, 0.3) is 11.6 Å². The molecule has 2 N–H and O–H groups in total. The molecule has 1 heterocycles. The van der Waals surface area contributed by atoms with Crippen LogP contribution in [0.25, 0.3) is 0 Å². The van der Waals surface area contributed by atoms with Crippen molar-refractivity contribution in [2.24, 2.45) is 11.8 Å². The summed E-state index contributed by atoms with van der Waals surface area (Å²) in [4.78, 5) is 24.3. The molecule has 2 unspecified atom stereocenters. The molecule has 1 fully saturated rings. The van der Waals surface area contributed by atoms with Crippen molar-refractivity contribution in [1.82, 2.24) is 4.90 Å². The Morgan fingerprint density at radius 2 is 1.95 bits per heavy atom. The molecular weight excluding hydrogens is 246 g/mol. The molecule has 2 rings (SSSR count). The smallest absolute Gasteiger partial charge is 0.292 e. The summed E-state index contributed by atoms with van der Waals surface area (Å²) in [7, 11) is 0. The maximum atomic E-state index is 12.3. The Morgan fingerprint density at radius 1 is 1.37 bits per heavy atom. The van der Waals surface area contributed by atoms with E-state index in [0.29, 0.717) is 30.5 Å². The van der Waals surface area contributed by atoms with E-state index in [1.54, 1.807) is 11.0 Å². The van der Waals surface area contributed by atoms with Crippen LogP contribution in [0, 0.1) is 22.0 Å². The van der Waals surface area contributed by atoms with Gasteiger partial charge in [-0.05, 0) is 24.0 Å². The number of nitro benzene ring substituents is 1. The van der Waals surface area contributed by atoms with E-state index < -0.39 is 4.92 Å². The van der Waals surface area contributed by atoms with Crippen molar-refractivity contribution < 1.29 is 9.72 Å². The molecule has 19 heavy (non-hydrogen) atoms. The zero-order valence-electron chi connectivity index (χ0n) is 11.0. The average Bonchev–Trinajstić information content (AvgIpc) is 2.69. The van der Waals surface area contributed by atoms with Gasteiger partial charge >= 0.3 is 0 Å². The van der Waals surface area contributed by atoms with Crippen LogP contribution in [0.5, 0.6) is 0 Å². The van der Waals surface area contributed by atoms with Crippen LogP contribution in [0.2, 0.25) is 0 Å². The highest BCUT2D eigenvalue weighted by Crippen LogP contribution is 2.26. The Labute approximate surface area is 111 Å². The second-order valence-electron chi connectivity index (χ2n) is 5.20. The fourth-order valence-corrected chi connectivity index (χ4v) is 2.31. The van der Waals surface area contributed by atoms with Crippen molar-refractivity contribution in [3.8, 4) is 0 Å². The predicted molar refractivity (Wildman–Crippen MR) is 71.7 cm³/mol. The Bertz CT molecular complexity index is 520. The first-order chi connectivity index (χ1) is 8.90. The highest BCUT2D eigenvalue weighted by Gasteiger charge is 2.30. The number of nitro groups is 1. The number of carbonyl (C=O) groups excluding carboxylic acids is 1. The third kappa shape index (κ3) is 2.52. The molecule has 1 saturated heterocycles. The summed E-state index contributed by atoms with van der Waals surface area (Å²) in [6.45, 7) is 5.59. The van der Waals surface area contributed by atoms with E-state index in [0.717, 1.165) is 0 Å². The molecule has 0 aliphatic carbocycles. The molecule has 0 spiro atoms. The van der Waals surface area contributed by atoms with Crippen LogP contribution in [0.1, 0.15) is 24.2 Å². The second kappa shape index (κ2) is 4.87. The lowest BCUT2D eigenvalue weighted by Gasteiger charge is -2.16. The molecule has 1 amide bonds. The third-order valence-electron chi connectivity index (χ3n) is 3.75. The maximum Gasteiger partial charge on any atom is 0.292 e. The minimum absolute atomic E-state index is 0.0738. The first-order valence-corrected chi connectivity index (χ1v) is 6.23. The normalized spacial score (nSPS) is 22.5. The zero-order chi connectivity index (χ0) is 14.2. The summed E-state index contributed by atoms with van der Waals surface area (Å²) in [5, 5.41) is 10.8. The highest BCUT2D eigenvalue weighted by molar-refractivity contribution is 5.95. The average molecular weight is 263 g/mol. The summed E-state index contributed by atoms with van der Waals surface area (Å²) in [6.07, 6.45) is 0. The molecule has 0 aromatic heterocycles. The van der Waals surface area contributed by atoms with Crippen molar-refractivity contribution in [2.45, 2.75) is 13.8 Å². The molecule has 6 heteroatoms. The van der Waals surface area contributed by atoms with Crippen LogP contribution >= 0.6 is 0 Å². The quantitative estimate of drug-likeness (QED) is 0.501. The standard InChI is InChI=1S/C13H17N3O3/c1-8-6-15(7-9(8)2)13(17)10-3-4-11(14)12(5-10)16(18)19/h3-5,8-9H,6-7,14H2,1-2H3.